The van der Waals surface area contributed by atoms with Crippen LogP contribution in [-0.4, -0.2) is 43.3 Å². The van der Waals surface area contributed by atoms with Crippen molar-refractivity contribution in [3.05, 3.63) is 71.9 Å². The Bertz CT molecular complexity index is 936. The monoisotopic (exact) mass is 389 g/mol. The van der Waals surface area contributed by atoms with Gasteiger partial charge >= 0.3 is 0 Å². The molecule has 0 bridgehead atoms. The molecular weight excluding hydrogens is 362 g/mol. The summed E-state index contributed by atoms with van der Waals surface area (Å²) in [5.74, 6) is 2.48. The van der Waals surface area contributed by atoms with E-state index in [1.807, 2.05) is 36.5 Å². The Kier molecular flexibility index (Phi) is 5.79. The van der Waals surface area contributed by atoms with Gasteiger partial charge in [0.25, 0.3) is 0 Å². The highest BCUT2D eigenvalue weighted by molar-refractivity contribution is 5.51. The zero-order valence-electron chi connectivity index (χ0n) is 17.0. The first-order valence-corrected chi connectivity index (χ1v) is 9.98. The lowest BCUT2D eigenvalue weighted by molar-refractivity contribution is 0.414. The molecule has 1 N–H and O–H groups in total. The number of benzene rings is 2. The third kappa shape index (κ3) is 4.77. The molecule has 0 aliphatic carbocycles. The number of ether oxygens (including phenoxy) is 1. The van der Waals surface area contributed by atoms with Crippen molar-refractivity contribution in [2.45, 2.75) is 13.5 Å². The van der Waals surface area contributed by atoms with Gasteiger partial charge in [-0.3, -0.25) is 0 Å². The SMILES string of the molecule is COc1ccc(CNc2nccc(N3CCN(c4cccc(C)c4)CC3)n2)cc1. The maximum Gasteiger partial charge on any atom is 0.224 e. The van der Waals surface area contributed by atoms with Crippen LogP contribution >= 0.6 is 0 Å². The maximum absolute atomic E-state index is 5.20. The van der Waals surface area contributed by atoms with Gasteiger partial charge in [-0.05, 0) is 48.4 Å². The first-order valence-electron chi connectivity index (χ1n) is 9.98. The van der Waals surface area contributed by atoms with E-state index in [2.05, 4.69) is 51.3 Å². The van der Waals surface area contributed by atoms with E-state index in [-0.39, 0.29) is 0 Å². The molecule has 2 heterocycles. The number of aromatic nitrogens is 2. The number of hydrogen-bond donors (Lipinski definition) is 1. The summed E-state index contributed by atoms with van der Waals surface area (Å²) in [7, 11) is 1.67. The van der Waals surface area contributed by atoms with Crippen LogP contribution in [0.25, 0.3) is 0 Å². The van der Waals surface area contributed by atoms with Crippen LogP contribution in [-0.2, 0) is 6.54 Å². The smallest absolute Gasteiger partial charge is 0.224 e. The molecule has 0 atom stereocenters. The summed E-state index contributed by atoms with van der Waals surface area (Å²) in [6.45, 7) is 6.69. The van der Waals surface area contributed by atoms with Crippen LogP contribution in [0, 0.1) is 6.92 Å². The predicted molar refractivity (Wildman–Crippen MR) is 118 cm³/mol. The molecule has 4 rings (SSSR count). The minimum atomic E-state index is 0.652. The summed E-state index contributed by atoms with van der Waals surface area (Å²) in [6.07, 6.45) is 1.83. The van der Waals surface area contributed by atoms with Crippen molar-refractivity contribution in [1.82, 2.24) is 9.97 Å². The molecule has 6 heteroatoms. The Balaban J connectivity index is 1.35. The summed E-state index contributed by atoms with van der Waals surface area (Å²) in [5, 5.41) is 3.32. The number of rotatable bonds is 6. The molecule has 1 fully saturated rings. The highest BCUT2D eigenvalue weighted by atomic mass is 16.5. The number of methoxy groups -OCH3 is 1. The number of piperazine rings is 1. The Hall–Kier alpha value is -3.28. The van der Waals surface area contributed by atoms with Crippen molar-refractivity contribution in [2.24, 2.45) is 0 Å². The van der Waals surface area contributed by atoms with E-state index in [1.165, 1.54) is 11.3 Å². The molecule has 29 heavy (non-hydrogen) atoms. The molecule has 150 valence electrons. The van der Waals surface area contributed by atoms with Gasteiger partial charge in [0.2, 0.25) is 5.95 Å². The van der Waals surface area contributed by atoms with Gasteiger partial charge in [0.05, 0.1) is 7.11 Å². The Morgan fingerprint density at radius 2 is 1.72 bits per heavy atom. The molecule has 0 unspecified atom stereocenters. The molecule has 1 aliphatic heterocycles. The lowest BCUT2D eigenvalue weighted by Gasteiger charge is -2.36. The normalized spacial score (nSPS) is 14.0. The van der Waals surface area contributed by atoms with Crippen LogP contribution in [0.4, 0.5) is 17.5 Å². The average Bonchev–Trinajstić information content (AvgIpc) is 2.78. The fourth-order valence-electron chi connectivity index (χ4n) is 3.55. The van der Waals surface area contributed by atoms with Gasteiger partial charge < -0.3 is 19.9 Å². The maximum atomic E-state index is 5.20. The third-order valence-corrected chi connectivity index (χ3v) is 5.22. The second-order valence-corrected chi connectivity index (χ2v) is 7.25. The first kappa shape index (κ1) is 19.1. The molecule has 0 radical (unpaired) electrons. The van der Waals surface area contributed by atoms with E-state index in [1.54, 1.807) is 7.11 Å². The Morgan fingerprint density at radius 3 is 2.45 bits per heavy atom. The van der Waals surface area contributed by atoms with Gasteiger partial charge in [0, 0.05) is 44.6 Å². The third-order valence-electron chi connectivity index (χ3n) is 5.22. The van der Waals surface area contributed by atoms with E-state index in [0.717, 1.165) is 43.3 Å². The summed E-state index contributed by atoms with van der Waals surface area (Å²) in [5.41, 5.74) is 3.76. The van der Waals surface area contributed by atoms with E-state index < -0.39 is 0 Å². The lowest BCUT2D eigenvalue weighted by atomic mass is 10.2. The predicted octanol–water partition coefficient (Wildman–Crippen LogP) is 3.73. The van der Waals surface area contributed by atoms with Gasteiger partial charge in [-0.25, -0.2) is 4.98 Å². The zero-order chi connectivity index (χ0) is 20.1. The number of aryl methyl sites for hydroxylation is 1. The number of nitrogens with zero attached hydrogens (tertiary/aromatic N) is 4. The molecule has 0 amide bonds. The summed E-state index contributed by atoms with van der Waals surface area (Å²) >= 11 is 0. The summed E-state index contributed by atoms with van der Waals surface area (Å²) < 4.78 is 5.20. The zero-order valence-corrected chi connectivity index (χ0v) is 17.0. The molecule has 3 aromatic rings. The molecular formula is C23H27N5O. The first-order chi connectivity index (χ1) is 14.2. The van der Waals surface area contributed by atoms with Crippen LogP contribution in [0.2, 0.25) is 0 Å². The van der Waals surface area contributed by atoms with Gasteiger partial charge in [-0.15, -0.1) is 0 Å². The summed E-state index contributed by atoms with van der Waals surface area (Å²) in [6, 6.07) is 18.7. The van der Waals surface area contributed by atoms with Crippen molar-refractivity contribution in [3.63, 3.8) is 0 Å². The molecule has 1 aliphatic rings. The standard InChI is InChI=1S/C23H27N5O/c1-18-4-3-5-20(16-18)27-12-14-28(15-13-27)22-10-11-24-23(26-22)25-17-19-6-8-21(29-2)9-7-19/h3-11,16H,12-15,17H2,1-2H3,(H,24,25,26). The van der Waals surface area contributed by atoms with E-state index >= 15 is 0 Å². The number of anilines is 3. The average molecular weight is 390 g/mol. The minimum Gasteiger partial charge on any atom is -0.497 e. The quantitative estimate of drug-likeness (QED) is 0.693. The van der Waals surface area contributed by atoms with Gasteiger partial charge in [0.1, 0.15) is 11.6 Å². The van der Waals surface area contributed by atoms with Crippen LogP contribution in [0.5, 0.6) is 5.75 Å². The van der Waals surface area contributed by atoms with E-state index in [9.17, 15) is 0 Å². The summed E-state index contributed by atoms with van der Waals surface area (Å²) in [4.78, 5) is 13.9. The van der Waals surface area contributed by atoms with Crippen LogP contribution in [0.3, 0.4) is 0 Å². The molecule has 6 nitrogen and oxygen atoms in total. The molecule has 0 saturated carbocycles. The Morgan fingerprint density at radius 1 is 0.966 bits per heavy atom. The van der Waals surface area contributed by atoms with Crippen molar-refractivity contribution >= 4 is 17.5 Å². The molecule has 2 aromatic carbocycles. The Labute approximate surface area is 172 Å². The van der Waals surface area contributed by atoms with Crippen molar-refractivity contribution in [1.29, 1.82) is 0 Å². The van der Waals surface area contributed by atoms with Crippen LogP contribution in [0.1, 0.15) is 11.1 Å². The molecule has 1 aromatic heterocycles. The van der Waals surface area contributed by atoms with Gasteiger partial charge in [-0.2, -0.15) is 4.98 Å². The molecule has 1 saturated heterocycles. The second kappa shape index (κ2) is 8.82. The minimum absolute atomic E-state index is 0.652. The van der Waals surface area contributed by atoms with E-state index in [0.29, 0.717) is 12.5 Å². The van der Waals surface area contributed by atoms with Gasteiger partial charge in [0.15, 0.2) is 0 Å². The van der Waals surface area contributed by atoms with Crippen LogP contribution in [0.15, 0.2) is 60.8 Å². The fourth-order valence-corrected chi connectivity index (χ4v) is 3.55. The number of nitrogens with one attached hydrogen (secondary N) is 1. The van der Waals surface area contributed by atoms with Gasteiger partial charge in [-0.1, -0.05) is 24.3 Å². The second-order valence-electron chi connectivity index (χ2n) is 7.25. The highest BCUT2D eigenvalue weighted by Crippen LogP contribution is 2.21. The van der Waals surface area contributed by atoms with Crippen molar-refractivity contribution < 1.29 is 4.74 Å². The van der Waals surface area contributed by atoms with Crippen LogP contribution < -0.4 is 19.9 Å². The highest BCUT2D eigenvalue weighted by Gasteiger charge is 2.18. The number of hydrogen-bond acceptors (Lipinski definition) is 6. The fraction of sp³-hybridized carbons (Fsp3) is 0.304. The van der Waals surface area contributed by atoms with Crippen molar-refractivity contribution in [3.8, 4) is 5.75 Å². The largest absolute Gasteiger partial charge is 0.497 e. The topological polar surface area (TPSA) is 53.5 Å². The lowest BCUT2D eigenvalue weighted by Crippen LogP contribution is -2.46. The molecule has 0 spiro atoms. The van der Waals surface area contributed by atoms with Crippen molar-refractivity contribution in [2.75, 3.05) is 48.4 Å². The van der Waals surface area contributed by atoms with E-state index in [4.69, 9.17) is 9.72 Å².